The Morgan fingerprint density at radius 1 is 1.32 bits per heavy atom. The molecule has 4 heteroatoms. The van der Waals surface area contributed by atoms with E-state index in [1.807, 2.05) is 6.07 Å². The zero-order valence-corrected chi connectivity index (χ0v) is 12.7. The molecule has 3 nitrogen and oxygen atoms in total. The minimum atomic E-state index is 0.539. The zero-order chi connectivity index (χ0) is 13.7. The molecule has 0 saturated heterocycles. The van der Waals surface area contributed by atoms with E-state index in [2.05, 4.69) is 29.1 Å². The molecule has 1 aromatic heterocycles. The van der Waals surface area contributed by atoms with Gasteiger partial charge in [-0.15, -0.1) is 0 Å². The largest absolute Gasteiger partial charge is 0.370 e. The molecule has 1 fully saturated rings. The highest BCUT2D eigenvalue weighted by Gasteiger charge is 2.21. The quantitative estimate of drug-likeness (QED) is 0.817. The first-order valence-corrected chi connectivity index (χ1v) is 7.84. The molecule has 106 valence electrons. The van der Waals surface area contributed by atoms with E-state index in [9.17, 15) is 0 Å². The van der Waals surface area contributed by atoms with Crippen LogP contribution in [0.4, 0.5) is 5.82 Å². The number of anilines is 1. The van der Waals surface area contributed by atoms with Gasteiger partial charge in [-0.2, -0.15) is 0 Å². The predicted octanol–water partition coefficient (Wildman–Crippen LogP) is 4.32. The van der Waals surface area contributed by atoms with E-state index >= 15 is 0 Å². The van der Waals surface area contributed by atoms with Crippen LogP contribution in [0.3, 0.4) is 0 Å². The highest BCUT2D eigenvalue weighted by Crippen LogP contribution is 2.29. The van der Waals surface area contributed by atoms with E-state index in [4.69, 9.17) is 11.6 Å². The Hall–Kier alpha value is -0.830. The van der Waals surface area contributed by atoms with Crippen molar-refractivity contribution in [2.45, 2.75) is 52.4 Å². The van der Waals surface area contributed by atoms with Gasteiger partial charge in [0.25, 0.3) is 0 Å². The molecule has 0 amide bonds. The molecule has 0 bridgehead atoms. The highest BCUT2D eigenvalue weighted by molar-refractivity contribution is 6.29. The molecule has 1 aliphatic carbocycles. The van der Waals surface area contributed by atoms with Gasteiger partial charge in [0.15, 0.2) is 0 Å². The van der Waals surface area contributed by atoms with Crippen LogP contribution >= 0.6 is 11.6 Å². The van der Waals surface area contributed by atoms with Gasteiger partial charge in [0.2, 0.25) is 0 Å². The summed E-state index contributed by atoms with van der Waals surface area (Å²) in [6, 6.07) is 1.83. The van der Waals surface area contributed by atoms with Crippen molar-refractivity contribution in [1.82, 2.24) is 9.97 Å². The second-order valence-electron chi connectivity index (χ2n) is 5.64. The summed E-state index contributed by atoms with van der Waals surface area (Å²) < 4.78 is 0. The molecule has 1 aromatic rings. The first kappa shape index (κ1) is 14.6. The Balaban J connectivity index is 1.94. The Labute approximate surface area is 121 Å². The minimum absolute atomic E-state index is 0.539. The fraction of sp³-hybridized carbons (Fsp3) is 0.733. The summed E-state index contributed by atoms with van der Waals surface area (Å²) in [6.07, 6.45) is 7.36. The second kappa shape index (κ2) is 7.09. The lowest BCUT2D eigenvalue weighted by Crippen LogP contribution is -2.24. The smallest absolute Gasteiger partial charge is 0.134 e. The van der Waals surface area contributed by atoms with Crippen molar-refractivity contribution in [3.63, 3.8) is 0 Å². The lowest BCUT2D eigenvalue weighted by molar-refractivity contribution is 0.268. The van der Waals surface area contributed by atoms with E-state index in [0.29, 0.717) is 5.15 Å². The van der Waals surface area contributed by atoms with E-state index in [1.165, 1.54) is 25.7 Å². The lowest BCUT2D eigenvalue weighted by Gasteiger charge is -2.29. The number of halogens is 1. The molecule has 2 unspecified atom stereocenters. The van der Waals surface area contributed by atoms with Crippen molar-refractivity contribution in [2.24, 2.45) is 11.8 Å². The third-order valence-corrected chi connectivity index (χ3v) is 4.24. The van der Waals surface area contributed by atoms with E-state index in [0.717, 1.165) is 42.9 Å². The van der Waals surface area contributed by atoms with E-state index < -0.39 is 0 Å². The van der Waals surface area contributed by atoms with Crippen molar-refractivity contribution >= 4 is 17.4 Å². The van der Waals surface area contributed by atoms with Crippen LogP contribution in [-0.2, 0) is 6.42 Å². The van der Waals surface area contributed by atoms with Crippen LogP contribution < -0.4 is 5.32 Å². The van der Waals surface area contributed by atoms with Gasteiger partial charge in [-0.3, -0.25) is 0 Å². The van der Waals surface area contributed by atoms with Gasteiger partial charge in [0.1, 0.15) is 16.8 Å². The molecule has 1 aliphatic rings. The van der Waals surface area contributed by atoms with Gasteiger partial charge in [0, 0.05) is 19.0 Å². The van der Waals surface area contributed by atoms with Crippen LogP contribution in [0.2, 0.25) is 5.15 Å². The van der Waals surface area contributed by atoms with Crippen LogP contribution in [-0.4, -0.2) is 16.5 Å². The normalized spacial score (nSPS) is 23.3. The van der Waals surface area contributed by atoms with Crippen molar-refractivity contribution in [3.05, 3.63) is 17.0 Å². The van der Waals surface area contributed by atoms with E-state index in [-0.39, 0.29) is 0 Å². The summed E-state index contributed by atoms with van der Waals surface area (Å²) in [5.41, 5.74) is 0. The molecule has 0 spiro atoms. The zero-order valence-electron chi connectivity index (χ0n) is 12.0. The summed E-state index contributed by atoms with van der Waals surface area (Å²) in [6.45, 7) is 5.49. The van der Waals surface area contributed by atoms with Crippen molar-refractivity contribution in [2.75, 3.05) is 11.9 Å². The molecule has 19 heavy (non-hydrogen) atoms. The molecule has 0 radical (unpaired) electrons. The van der Waals surface area contributed by atoms with Crippen LogP contribution in [0, 0.1) is 11.8 Å². The van der Waals surface area contributed by atoms with Crippen LogP contribution in [0.15, 0.2) is 6.07 Å². The molecular weight excluding hydrogens is 258 g/mol. The van der Waals surface area contributed by atoms with Crippen LogP contribution in [0.5, 0.6) is 0 Å². The summed E-state index contributed by atoms with van der Waals surface area (Å²) in [7, 11) is 0. The van der Waals surface area contributed by atoms with Gasteiger partial charge < -0.3 is 5.32 Å². The minimum Gasteiger partial charge on any atom is -0.370 e. The molecule has 1 saturated carbocycles. The van der Waals surface area contributed by atoms with Gasteiger partial charge >= 0.3 is 0 Å². The van der Waals surface area contributed by atoms with Crippen LogP contribution in [0.25, 0.3) is 0 Å². The number of nitrogens with one attached hydrogen (secondary N) is 1. The average Bonchev–Trinajstić information content (AvgIpc) is 2.37. The van der Waals surface area contributed by atoms with Crippen LogP contribution in [0.1, 0.15) is 51.8 Å². The summed E-state index contributed by atoms with van der Waals surface area (Å²) in [4.78, 5) is 8.77. The number of rotatable bonds is 5. The first-order chi connectivity index (χ1) is 9.19. The maximum Gasteiger partial charge on any atom is 0.134 e. The topological polar surface area (TPSA) is 37.8 Å². The van der Waals surface area contributed by atoms with E-state index in [1.54, 1.807) is 0 Å². The van der Waals surface area contributed by atoms with Gasteiger partial charge in [-0.05, 0) is 24.7 Å². The standard InChI is InChI=1S/C15H24ClN3/c1-3-6-14-18-13(16)9-15(19-14)17-10-12-8-5-4-7-11(12)2/h9,11-12H,3-8,10H2,1-2H3,(H,17,18,19). The first-order valence-electron chi connectivity index (χ1n) is 7.46. The number of hydrogen-bond acceptors (Lipinski definition) is 3. The summed E-state index contributed by atoms with van der Waals surface area (Å²) in [5.74, 6) is 3.29. The molecular formula is C15H24ClN3. The highest BCUT2D eigenvalue weighted by atomic mass is 35.5. The Morgan fingerprint density at radius 3 is 2.84 bits per heavy atom. The number of hydrogen-bond donors (Lipinski definition) is 1. The molecule has 0 aliphatic heterocycles. The fourth-order valence-corrected chi connectivity index (χ4v) is 3.02. The second-order valence-corrected chi connectivity index (χ2v) is 6.03. The van der Waals surface area contributed by atoms with Gasteiger partial charge in [-0.25, -0.2) is 9.97 Å². The van der Waals surface area contributed by atoms with Gasteiger partial charge in [0.05, 0.1) is 0 Å². The third-order valence-electron chi connectivity index (χ3n) is 4.05. The molecule has 2 atom stereocenters. The SMILES string of the molecule is CCCc1nc(Cl)cc(NCC2CCCCC2C)n1. The maximum absolute atomic E-state index is 6.04. The number of aromatic nitrogens is 2. The number of aryl methyl sites for hydroxylation is 1. The summed E-state index contributed by atoms with van der Waals surface area (Å²) >= 11 is 6.04. The third kappa shape index (κ3) is 4.34. The molecule has 1 N–H and O–H groups in total. The van der Waals surface area contributed by atoms with Crippen molar-refractivity contribution in [3.8, 4) is 0 Å². The maximum atomic E-state index is 6.04. The van der Waals surface area contributed by atoms with Crippen molar-refractivity contribution in [1.29, 1.82) is 0 Å². The average molecular weight is 282 g/mol. The van der Waals surface area contributed by atoms with Gasteiger partial charge in [-0.1, -0.05) is 44.7 Å². The lowest BCUT2D eigenvalue weighted by atomic mass is 9.80. The monoisotopic (exact) mass is 281 g/mol. The van der Waals surface area contributed by atoms with Crippen molar-refractivity contribution < 1.29 is 0 Å². The molecule has 1 heterocycles. The Bertz CT molecular complexity index is 408. The Morgan fingerprint density at radius 2 is 2.11 bits per heavy atom. The summed E-state index contributed by atoms with van der Waals surface area (Å²) in [5, 5.41) is 3.99. The number of nitrogens with zero attached hydrogens (tertiary/aromatic N) is 2. The molecule has 0 aromatic carbocycles. The predicted molar refractivity (Wildman–Crippen MR) is 80.6 cm³/mol. The molecule has 2 rings (SSSR count). The fourth-order valence-electron chi connectivity index (χ4n) is 2.82. The Kier molecular flexibility index (Phi) is 5.44.